The van der Waals surface area contributed by atoms with Gasteiger partial charge >= 0.3 is 0 Å². The van der Waals surface area contributed by atoms with Gasteiger partial charge in [0.2, 0.25) is 12.7 Å². The highest BCUT2D eigenvalue weighted by molar-refractivity contribution is 5.98. The number of carbonyl (C=O) groups excluding carboxylic acids is 2. The minimum Gasteiger partial charge on any atom is -0.491 e. The third-order valence-corrected chi connectivity index (χ3v) is 5.40. The molecule has 1 aliphatic heterocycles. The van der Waals surface area contributed by atoms with Crippen molar-refractivity contribution < 1.29 is 28.9 Å². The van der Waals surface area contributed by atoms with Crippen molar-refractivity contribution in [2.24, 2.45) is 5.73 Å². The molecule has 1 unspecified atom stereocenters. The van der Waals surface area contributed by atoms with Crippen LogP contribution in [0.4, 0.5) is 0 Å². The number of ether oxygens (including phenoxy) is 3. The van der Waals surface area contributed by atoms with Gasteiger partial charge in [0, 0.05) is 30.4 Å². The molecule has 3 heterocycles. The second-order valence-electron chi connectivity index (χ2n) is 7.70. The summed E-state index contributed by atoms with van der Waals surface area (Å²) in [6, 6.07) is 5.15. The Morgan fingerprint density at radius 3 is 2.88 bits per heavy atom. The van der Waals surface area contributed by atoms with Crippen molar-refractivity contribution in [3.8, 4) is 17.2 Å². The molecule has 0 radical (unpaired) electrons. The largest absolute Gasteiger partial charge is 0.491 e. The molecule has 4 N–H and O–H groups in total. The number of aliphatic hydroxyl groups excluding tert-OH is 1. The van der Waals surface area contributed by atoms with E-state index in [0.29, 0.717) is 35.0 Å². The lowest BCUT2D eigenvalue weighted by Gasteiger charge is -2.14. The zero-order valence-electron chi connectivity index (χ0n) is 18.3. The Morgan fingerprint density at radius 1 is 1.30 bits per heavy atom. The Morgan fingerprint density at radius 2 is 2.09 bits per heavy atom. The standard InChI is InChI=1S/C22H25N5O6/c1-12-16(13(2)27-22(26-12)17(9-25-27)21(23)30)4-6-20(29)24-8-14(28)10-31-15-3-5-18-19(7-15)33-11-32-18/h3,5,7,9,14,28H,4,6,8,10-11H2,1-2H3,(H2,23,30)(H,24,29). The fourth-order valence-electron chi connectivity index (χ4n) is 3.62. The molecule has 11 heteroatoms. The maximum Gasteiger partial charge on any atom is 0.254 e. The molecule has 0 fully saturated rings. The normalized spacial score (nSPS) is 13.2. The topological polar surface area (TPSA) is 150 Å². The van der Waals surface area contributed by atoms with Gasteiger partial charge in [0.1, 0.15) is 24.0 Å². The molecule has 1 aromatic carbocycles. The van der Waals surface area contributed by atoms with Gasteiger partial charge in [0.05, 0.1) is 6.20 Å². The van der Waals surface area contributed by atoms with Gasteiger partial charge in [-0.1, -0.05) is 0 Å². The zero-order chi connectivity index (χ0) is 23.5. The Hall–Kier alpha value is -3.86. The van der Waals surface area contributed by atoms with Crippen LogP contribution in [0.3, 0.4) is 0 Å². The Kier molecular flexibility index (Phi) is 6.31. The number of hydrogen-bond acceptors (Lipinski definition) is 8. The highest BCUT2D eigenvalue weighted by atomic mass is 16.7. The first kappa shape index (κ1) is 22.3. The van der Waals surface area contributed by atoms with E-state index in [4.69, 9.17) is 19.9 Å². The van der Waals surface area contributed by atoms with Crippen molar-refractivity contribution in [3.63, 3.8) is 0 Å². The number of hydrogen-bond donors (Lipinski definition) is 3. The number of amides is 2. The predicted octanol–water partition coefficient (Wildman–Crippen LogP) is 0.662. The average molecular weight is 455 g/mol. The molecule has 174 valence electrons. The van der Waals surface area contributed by atoms with Gasteiger partial charge in [0.25, 0.3) is 5.91 Å². The zero-order valence-corrected chi connectivity index (χ0v) is 18.3. The van der Waals surface area contributed by atoms with Gasteiger partial charge < -0.3 is 30.4 Å². The van der Waals surface area contributed by atoms with Gasteiger partial charge in [-0.15, -0.1) is 0 Å². The lowest BCUT2D eigenvalue weighted by atomic mass is 10.1. The number of aliphatic hydroxyl groups is 1. The lowest BCUT2D eigenvalue weighted by molar-refractivity contribution is -0.121. The monoisotopic (exact) mass is 455 g/mol. The van der Waals surface area contributed by atoms with E-state index in [1.165, 1.54) is 6.20 Å². The molecule has 0 saturated heterocycles. The van der Waals surface area contributed by atoms with Gasteiger partial charge in [-0.2, -0.15) is 5.10 Å². The molecule has 4 rings (SSSR count). The highest BCUT2D eigenvalue weighted by Gasteiger charge is 2.18. The first-order valence-electron chi connectivity index (χ1n) is 10.4. The quantitative estimate of drug-likeness (QED) is 0.426. The predicted molar refractivity (Wildman–Crippen MR) is 116 cm³/mol. The summed E-state index contributed by atoms with van der Waals surface area (Å²) in [7, 11) is 0. The fraction of sp³-hybridized carbons (Fsp3) is 0.364. The van der Waals surface area contributed by atoms with E-state index in [1.54, 1.807) is 22.7 Å². The van der Waals surface area contributed by atoms with Crippen LogP contribution in [0, 0.1) is 13.8 Å². The molecule has 1 aliphatic rings. The van der Waals surface area contributed by atoms with E-state index >= 15 is 0 Å². The summed E-state index contributed by atoms with van der Waals surface area (Å²) in [5.74, 6) is 0.973. The van der Waals surface area contributed by atoms with Crippen LogP contribution >= 0.6 is 0 Å². The number of nitrogens with one attached hydrogen (secondary N) is 1. The second kappa shape index (κ2) is 9.33. The summed E-state index contributed by atoms with van der Waals surface area (Å²) in [4.78, 5) is 28.3. The Labute approximate surface area is 189 Å². The van der Waals surface area contributed by atoms with Crippen molar-refractivity contribution in [1.29, 1.82) is 0 Å². The fourth-order valence-corrected chi connectivity index (χ4v) is 3.62. The third-order valence-electron chi connectivity index (χ3n) is 5.40. The lowest BCUT2D eigenvalue weighted by Crippen LogP contribution is -2.35. The van der Waals surface area contributed by atoms with E-state index in [9.17, 15) is 14.7 Å². The van der Waals surface area contributed by atoms with Crippen LogP contribution in [0.2, 0.25) is 0 Å². The number of aromatic nitrogens is 3. The van der Waals surface area contributed by atoms with Gasteiger partial charge in [0.15, 0.2) is 17.1 Å². The molecule has 2 aromatic heterocycles. The molecule has 3 aromatic rings. The van der Waals surface area contributed by atoms with Crippen LogP contribution in [-0.4, -0.2) is 57.6 Å². The first-order chi connectivity index (χ1) is 15.8. The van der Waals surface area contributed by atoms with Crippen LogP contribution in [0.15, 0.2) is 24.4 Å². The summed E-state index contributed by atoms with van der Waals surface area (Å²) in [5.41, 5.74) is 8.37. The summed E-state index contributed by atoms with van der Waals surface area (Å²) in [6.07, 6.45) is 1.15. The van der Waals surface area contributed by atoms with Crippen LogP contribution in [0.5, 0.6) is 17.2 Å². The molecule has 2 amide bonds. The van der Waals surface area contributed by atoms with E-state index in [0.717, 1.165) is 11.3 Å². The third kappa shape index (κ3) is 4.82. The maximum atomic E-state index is 12.3. The van der Waals surface area contributed by atoms with Gasteiger partial charge in [-0.3, -0.25) is 9.59 Å². The molecule has 1 atom stereocenters. The van der Waals surface area contributed by atoms with Crippen molar-refractivity contribution in [2.75, 3.05) is 19.9 Å². The number of nitrogens with zero attached hydrogens (tertiary/aromatic N) is 3. The molecule has 0 spiro atoms. The van der Waals surface area contributed by atoms with Crippen LogP contribution in [0.1, 0.15) is 33.7 Å². The maximum absolute atomic E-state index is 12.3. The second-order valence-corrected chi connectivity index (χ2v) is 7.70. The number of primary amides is 1. The number of carbonyl (C=O) groups is 2. The SMILES string of the molecule is Cc1nc2c(C(N)=O)cnn2c(C)c1CCC(=O)NCC(O)COc1ccc2c(c1)OCO2. The van der Waals surface area contributed by atoms with Gasteiger partial charge in [-0.25, -0.2) is 9.50 Å². The highest BCUT2D eigenvalue weighted by Crippen LogP contribution is 2.35. The Bertz CT molecular complexity index is 1210. The minimum absolute atomic E-state index is 0.0141. The molecule has 33 heavy (non-hydrogen) atoms. The van der Waals surface area contributed by atoms with E-state index in [-0.39, 0.29) is 37.8 Å². The number of rotatable bonds is 9. The molecule has 0 saturated carbocycles. The van der Waals surface area contributed by atoms with Crippen LogP contribution in [-0.2, 0) is 11.2 Å². The van der Waals surface area contributed by atoms with Crippen LogP contribution in [0.25, 0.3) is 5.65 Å². The molecule has 0 bridgehead atoms. The van der Waals surface area contributed by atoms with Crippen molar-refractivity contribution in [2.45, 2.75) is 32.8 Å². The number of nitrogens with two attached hydrogens (primary N) is 1. The number of aryl methyl sites for hydroxylation is 2. The van der Waals surface area contributed by atoms with E-state index < -0.39 is 12.0 Å². The Balaban J connectivity index is 1.27. The number of fused-ring (bicyclic) bond motifs is 2. The minimum atomic E-state index is -0.878. The van der Waals surface area contributed by atoms with Gasteiger partial charge in [-0.05, 0) is 38.0 Å². The van der Waals surface area contributed by atoms with E-state index in [1.807, 2.05) is 13.8 Å². The summed E-state index contributed by atoms with van der Waals surface area (Å²) in [6.45, 7) is 3.91. The molecule has 0 aliphatic carbocycles. The van der Waals surface area contributed by atoms with Crippen LogP contribution < -0.4 is 25.3 Å². The van der Waals surface area contributed by atoms with Crippen molar-refractivity contribution in [3.05, 3.63) is 46.9 Å². The summed E-state index contributed by atoms with van der Waals surface area (Å²) in [5, 5.41) is 17.0. The number of benzene rings is 1. The van der Waals surface area contributed by atoms with Crippen molar-refractivity contribution in [1.82, 2.24) is 19.9 Å². The molecular formula is C22H25N5O6. The average Bonchev–Trinajstić information content (AvgIpc) is 3.42. The first-order valence-corrected chi connectivity index (χ1v) is 10.4. The molecule has 11 nitrogen and oxygen atoms in total. The molecular weight excluding hydrogens is 430 g/mol. The summed E-state index contributed by atoms with van der Waals surface area (Å²) < 4.78 is 17.6. The van der Waals surface area contributed by atoms with Crippen molar-refractivity contribution >= 4 is 17.5 Å². The smallest absolute Gasteiger partial charge is 0.254 e. The van der Waals surface area contributed by atoms with E-state index in [2.05, 4.69) is 15.4 Å². The summed E-state index contributed by atoms with van der Waals surface area (Å²) >= 11 is 0.